The summed E-state index contributed by atoms with van der Waals surface area (Å²) in [5, 5.41) is 1.79. The molecule has 0 aliphatic carbocycles. The molecule has 1 atom stereocenters. The minimum absolute atomic E-state index is 0.00686. The number of likely N-dealkylation sites (tertiary alicyclic amines) is 1. The topological polar surface area (TPSA) is 57.7 Å². The fourth-order valence-corrected chi connectivity index (χ4v) is 7.65. The first-order chi connectivity index (χ1) is 13.3. The van der Waals surface area contributed by atoms with Gasteiger partial charge in [0.1, 0.15) is 0 Å². The van der Waals surface area contributed by atoms with Crippen molar-refractivity contribution in [2.24, 2.45) is 5.92 Å². The Morgan fingerprint density at radius 2 is 1.96 bits per heavy atom. The van der Waals surface area contributed by atoms with Gasteiger partial charge in [0.05, 0.1) is 23.1 Å². The van der Waals surface area contributed by atoms with E-state index in [-0.39, 0.29) is 23.6 Å². The van der Waals surface area contributed by atoms with Crippen LogP contribution in [0.15, 0.2) is 24.3 Å². The van der Waals surface area contributed by atoms with E-state index in [1.54, 1.807) is 16.2 Å². The smallest absolute Gasteiger partial charge is 0.225 e. The molecule has 0 radical (unpaired) electrons. The van der Waals surface area contributed by atoms with Crippen molar-refractivity contribution in [2.75, 3.05) is 31.6 Å². The van der Waals surface area contributed by atoms with Gasteiger partial charge in [0.25, 0.3) is 0 Å². The number of piperidine rings is 1. The molecule has 1 aromatic carbocycles. The van der Waals surface area contributed by atoms with Crippen molar-refractivity contribution in [3.8, 4) is 0 Å². The Labute approximate surface area is 175 Å². The van der Waals surface area contributed by atoms with Crippen LogP contribution in [-0.2, 0) is 21.2 Å². The number of hydrogen-bond donors (Lipinski definition) is 0. The van der Waals surface area contributed by atoms with Crippen LogP contribution < -0.4 is 0 Å². The molecule has 2 saturated heterocycles. The third-order valence-electron chi connectivity index (χ3n) is 5.96. The van der Waals surface area contributed by atoms with E-state index in [4.69, 9.17) is 11.6 Å². The normalized spacial score (nSPS) is 23.3. The second-order valence-corrected chi connectivity index (χ2v) is 11.6. The minimum Gasteiger partial charge on any atom is -0.340 e. The summed E-state index contributed by atoms with van der Waals surface area (Å²) < 4.78 is 24.6. The third kappa shape index (κ3) is 4.08. The number of hydrogen-bond acceptors (Lipinski definition) is 5. The van der Waals surface area contributed by atoms with E-state index in [2.05, 4.69) is 11.0 Å². The molecule has 2 aromatic rings. The van der Waals surface area contributed by atoms with Crippen LogP contribution in [0.3, 0.4) is 0 Å². The first-order valence-electron chi connectivity index (χ1n) is 9.69. The van der Waals surface area contributed by atoms with Gasteiger partial charge in [-0.1, -0.05) is 29.8 Å². The van der Waals surface area contributed by atoms with Crippen LogP contribution in [0.25, 0.3) is 10.1 Å². The van der Waals surface area contributed by atoms with Crippen LogP contribution in [0.1, 0.15) is 24.1 Å². The van der Waals surface area contributed by atoms with Gasteiger partial charge in [-0.15, -0.1) is 11.3 Å². The fourth-order valence-electron chi connectivity index (χ4n) is 4.35. The van der Waals surface area contributed by atoms with Crippen LogP contribution >= 0.6 is 22.9 Å². The highest BCUT2D eigenvalue weighted by Crippen LogP contribution is 2.36. The maximum atomic E-state index is 12.9. The van der Waals surface area contributed by atoms with Gasteiger partial charge in [0, 0.05) is 34.0 Å². The highest BCUT2D eigenvalue weighted by Gasteiger charge is 2.35. The molecular weight excluding hydrogens is 416 g/mol. The summed E-state index contributed by atoms with van der Waals surface area (Å²) in [6.07, 6.45) is 2.31. The summed E-state index contributed by atoms with van der Waals surface area (Å²) in [7, 11) is -1.02. The number of benzene rings is 1. The Morgan fingerprint density at radius 3 is 2.61 bits per heavy atom. The molecule has 5 nitrogen and oxygen atoms in total. The fraction of sp³-hybridized carbons (Fsp3) is 0.550. The molecule has 0 N–H and O–H groups in total. The van der Waals surface area contributed by atoms with Crippen LogP contribution in [0.2, 0.25) is 5.02 Å². The minimum atomic E-state index is -2.87. The lowest BCUT2D eigenvalue weighted by Gasteiger charge is -2.36. The summed E-state index contributed by atoms with van der Waals surface area (Å²) in [5.74, 6) is 0.741. The summed E-state index contributed by atoms with van der Waals surface area (Å²) in [4.78, 5) is 18.0. The van der Waals surface area contributed by atoms with E-state index in [9.17, 15) is 13.2 Å². The average Bonchev–Trinajstić information content (AvgIpc) is 3.21. The van der Waals surface area contributed by atoms with Gasteiger partial charge < -0.3 is 4.90 Å². The van der Waals surface area contributed by atoms with Crippen molar-refractivity contribution in [3.63, 3.8) is 0 Å². The van der Waals surface area contributed by atoms with Gasteiger partial charge in [-0.05, 0) is 38.4 Å². The molecule has 152 valence electrons. The maximum absolute atomic E-state index is 12.9. The lowest BCUT2D eigenvalue weighted by Crippen LogP contribution is -2.45. The molecule has 2 aliphatic rings. The molecule has 28 heavy (non-hydrogen) atoms. The molecule has 0 bridgehead atoms. The van der Waals surface area contributed by atoms with Gasteiger partial charge in [-0.25, -0.2) is 8.42 Å². The molecular formula is C20H25ClN2O3S2. The molecule has 1 aromatic heterocycles. The number of fused-ring (bicyclic) bond motifs is 1. The third-order valence-corrected chi connectivity index (χ3v) is 9.41. The first kappa shape index (κ1) is 20.1. The quantitative estimate of drug-likeness (QED) is 0.731. The van der Waals surface area contributed by atoms with Crippen LogP contribution in [0.5, 0.6) is 0 Å². The monoisotopic (exact) mass is 440 g/mol. The van der Waals surface area contributed by atoms with E-state index < -0.39 is 9.84 Å². The molecule has 3 heterocycles. The molecule has 0 saturated carbocycles. The molecule has 8 heteroatoms. The van der Waals surface area contributed by atoms with E-state index in [0.29, 0.717) is 12.3 Å². The number of sulfone groups is 1. The number of halogens is 1. The average molecular weight is 441 g/mol. The highest BCUT2D eigenvalue weighted by molar-refractivity contribution is 7.91. The predicted octanol–water partition coefficient (Wildman–Crippen LogP) is 3.41. The van der Waals surface area contributed by atoms with Gasteiger partial charge in [0.2, 0.25) is 5.91 Å². The lowest BCUT2D eigenvalue weighted by molar-refractivity contribution is -0.136. The zero-order valence-corrected chi connectivity index (χ0v) is 18.3. The SMILES string of the molecule is CN(Cc1sc2ccccc2c1Cl)C(=O)C1CCN(C2CCS(=O)(=O)C2)CC1. The van der Waals surface area contributed by atoms with Gasteiger partial charge >= 0.3 is 0 Å². The second kappa shape index (κ2) is 7.94. The van der Waals surface area contributed by atoms with E-state index in [1.807, 2.05) is 25.2 Å². The number of rotatable bonds is 4. The van der Waals surface area contributed by atoms with Crippen molar-refractivity contribution in [1.29, 1.82) is 0 Å². The molecule has 2 fully saturated rings. The molecule has 2 aliphatic heterocycles. The number of carbonyl (C=O) groups is 1. The summed E-state index contributed by atoms with van der Waals surface area (Å²) in [6.45, 7) is 2.13. The predicted molar refractivity (Wildman–Crippen MR) is 115 cm³/mol. The molecule has 0 spiro atoms. The Hall–Kier alpha value is -1.15. The zero-order valence-electron chi connectivity index (χ0n) is 15.9. The number of carbonyl (C=O) groups excluding carboxylic acids is 1. The molecule has 4 rings (SSSR count). The summed E-state index contributed by atoms with van der Waals surface area (Å²) >= 11 is 8.17. The van der Waals surface area contributed by atoms with Crippen LogP contribution in [-0.4, -0.2) is 61.8 Å². The number of amides is 1. The van der Waals surface area contributed by atoms with Gasteiger partial charge in [0.15, 0.2) is 9.84 Å². The highest BCUT2D eigenvalue weighted by atomic mass is 35.5. The Kier molecular flexibility index (Phi) is 5.71. The van der Waals surface area contributed by atoms with E-state index >= 15 is 0 Å². The summed E-state index contributed by atoms with van der Waals surface area (Å²) in [5.41, 5.74) is 0. The second-order valence-electron chi connectivity index (χ2n) is 7.90. The van der Waals surface area contributed by atoms with Crippen molar-refractivity contribution in [1.82, 2.24) is 9.80 Å². The largest absolute Gasteiger partial charge is 0.340 e. The number of thiophene rings is 1. The standard InChI is InChI=1S/C20H25ClN2O3S2/c1-22(12-18-19(21)16-4-2-3-5-17(16)27-18)20(24)14-6-9-23(10-7-14)15-8-11-28(25,26)13-15/h2-5,14-15H,6-13H2,1H3. The van der Waals surface area contributed by atoms with Gasteiger partial charge in [-0.2, -0.15) is 0 Å². The van der Waals surface area contributed by atoms with Crippen molar-refractivity contribution in [2.45, 2.75) is 31.8 Å². The first-order valence-corrected chi connectivity index (χ1v) is 12.7. The van der Waals surface area contributed by atoms with E-state index in [1.165, 1.54) is 0 Å². The molecule has 1 amide bonds. The Morgan fingerprint density at radius 1 is 1.25 bits per heavy atom. The summed E-state index contributed by atoms with van der Waals surface area (Å²) in [6, 6.07) is 8.17. The maximum Gasteiger partial charge on any atom is 0.225 e. The zero-order chi connectivity index (χ0) is 19.9. The van der Waals surface area contributed by atoms with Crippen molar-refractivity contribution < 1.29 is 13.2 Å². The molecule has 1 unspecified atom stereocenters. The Balaban J connectivity index is 1.35. The van der Waals surface area contributed by atoms with Crippen LogP contribution in [0.4, 0.5) is 0 Å². The van der Waals surface area contributed by atoms with Crippen LogP contribution in [0, 0.1) is 5.92 Å². The van der Waals surface area contributed by atoms with E-state index in [0.717, 1.165) is 52.3 Å². The van der Waals surface area contributed by atoms with Crippen molar-refractivity contribution in [3.05, 3.63) is 34.2 Å². The number of nitrogens with zero attached hydrogens (tertiary/aromatic N) is 2. The Bertz CT molecular complexity index is 980. The lowest BCUT2D eigenvalue weighted by atomic mass is 9.94. The van der Waals surface area contributed by atoms with Crippen molar-refractivity contribution >= 4 is 48.8 Å². The van der Waals surface area contributed by atoms with Gasteiger partial charge in [-0.3, -0.25) is 9.69 Å².